The van der Waals surface area contributed by atoms with Gasteiger partial charge in [-0.3, -0.25) is 4.79 Å². The molecular weight excluding hydrogens is 493 g/mol. The Labute approximate surface area is 202 Å². The van der Waals surface area contributed by atoms with Gasteiger partial charge >= 0.3 is 6.18 Å². The van der Waals surface area contributed by atoms with Gasteiger partial charge in [0.05, 0.1) is 33.5 Å². The first-order valence-electron chi connectivity index (χ1n) is 10.8. The maximum absolute atomic E-state index is 14.3. The summed E-state index contributed by atoms with van der Waals surface area (Å²) in [6, 6.07) is 6.67. The van der Waals surface area contributed by atoms with E-state index < -0.39 is 41.3 Å². The van der Waals surface area contributed by atoms with Gasteiger partial charge < -0.3 is 10.4 Å². The lowest BCUT2D eigenvalue weighted by atomic mass is 9.76. The molecule has 0 spiro atoms. The number of rotatable bonds is 5. The van der Waals surface area contributed by atoms with Crippen molar-refractivity contribution in [3.8, 4) is 5.69 Å². The number of benzene rings is 2. The van der Waals surface area contributed by atoms with Gasteiger partial charge in [-0.1, -0.05) is 23.7 Å². The van der Waals surface area contributed by atoms with E-state index >= 15 is 0 Å². The number of hydrogen-bond acceptors (Lipinski definition) is 3. The molecule has 35 heavy (non-hydrogen) atoms. The number of amides is 1. The van der Waals surface area contributed by atoms with Crippen molar-refractivity contribution in [3.05, 3.63) is 82.4 Å². The molecule has 5 nitrogen and oxygen atoms in total. The van der Waals surface area contributed by atoms with E-state index in [0.717, 1.165) is 28.9 Å². The third kappa shape index (κ3) is 5.18. The van der Waals surface area contributed by atoms with E-state index in [1.54, 1.807) is 0 Å². The van der Waals surface area contributed by atoms with Crippen LogP contribution in [0.2, 0.25) is 5.02 Å². The van der Waals surface area contributed by atoms with Gasteiger partial charge in [-0.2, -0.15) is 18.3 Å². The lowest BCUT2D eigenvalue weighted by Crippen LogP contribution is -2.48. The molecule has 11 heteroatoms. The van der Waals surface area contributed by atoms with Crippen molar-refractivity contribution in [3.63, 3.8) is 0 Å². The largest absolute Gasteiger partial charge is 0.416 e. The minimum absolute atomic E-state index is 0.0224. The molecule has 2 aromatic carbocycles. The van der Waals surface area contributed by atoms with Crippen LogP contribution in [0.1, 0.15) is 53.2 Å². The van der Waals surface area contributed by atoms with Gasteiger partial charge in [-0.15, -0.1) is 0 Å². The first kappa shape index (κ1) is 25.1. The molecule has 1 amide bonds. The van der Waals surface area contributed by atoms with Crippen LogP contribution in [0.4, 0.5) is 22.0 Å². The van der Waals surface area contributed by atoms with Gasteiger partial charge in [0.1, 0.15) is 12.0 Å². The fourth-order valence-electron chi connectivity index (χ4n) is 4.33. The smallest absolute Gasteiger partial charge is 0.387 e. The van der Waals surface area contributed by atoms with Gasteiger partial charge in [0.15, 0.2) is 0 Å². The van der Waals surface area contributed by atoms with Crippen molar-refractivity contribution < 1.29 is 31.9 Å². The normalized spacial score (nSPS) is 21.5. The quantitative estimate of drug-likeness (QED) is 0.424. The predicted octanol–water partition coefficient (Wildman–Crippen LogP) is 5.80. The zero-order valence-electron chi connectivity index (χ0n) is 18.2. The molecule has 0 aliphatic heterocycles. The highest BCUT2D eigenvalue weighted by molar-refractivity contribution is 6.31. The molecule has 1 atom stereocenters. The summed E-state index contributed by atoms with van der Waals surface area (Å²) < 4.78 is 69.2. The van der Waals surface area contributed by atoms with Crippen LogP contribution in [-0.4, -0.2) is 32.6 Å². The molecule has 1 aliphatic carbocycles. The number of hydrogen-bond donors (Lipinski definition) is 2. The number of carbonyl (C=O) groups excluding carboxylic acids is 1. The molecule has 0 saturated heterocycles. The van der Waals surface area contributed by atoms with Crippen LogP contribution in [0, 0.1) is 5.82 Å². The molecule has 1 unspecified atom stereocenters. The van der Waals surface area contributed by atoms with E-state index in [0.29, 0.717) is 0 Å². The standard InChI is InChI=1S/C24H21ClF5N3O2/c25-20-17(3-1-4-18(20)27)21(23(35)9-7-15(26)8-10-23)32-22(34)16-6-5-14(24(28,29)30)13-19(16)33-12-2-11-31-33/h1-6,11-13,15,21,35H,7-10H2,(H,32,34)/t15-,21?,23+. The molecule has 3 aromatic rings. The van der Waals surface area contributed by atoms with E-state index in [-0.39, 0.29) is 47.5 Å². The Balaban J connectivity index is 1.77. The van der Waals surface area contributed by atoms with Crippen LogP contribution in [0.5, 0.6) is 0 Å². The molecule has 4 rings (SSSR count). The van der Waals surface area contributed by atoms with Gasteiger partial charge in [-0.25, -0.2) is 13.5 Å². The Morgan fingerprint density at radius 2 is 1.91 bits per heavy atom. The van der Waals surface area contributed by atoms with Crippen LogP contribution in [0.3, 0.4) is 0 Å². The van der Waals surface area contributed by atoms with Gasteiger partial charge in [0.25, 0.3) is 5.91 Å². The molecule has 1 aliphatic rings. The van der Waals surface area contributed by atoms with E-state index in [1.807, 2.05) is 0 Å². The molecule has 1 heterocycles. The monoisotopic (exact) mass is 513 g/mol. The number of alkyl halides is 4. The van der Waals surface area contributed by atoms with Gasteiger partial charge in [-0.05, 0) is 61.6 Å². The lowest BCUT2D eigenvalue weighted by molar-refractivity contribution is -0.137. The highest BCUT2D eigenvalue weighted by Crippen LogP contribution is 2.42. The van der Waals surface area contributed by atoms with Crippen LogP contribution in [0.15, 0.2) is 54.9 Å². The number of nitrogens with one attached hydrogen (secondary N) is 1. The van der Waals surface area contributed by atoms with E-state index in [4.69, 9.17) is 11.6 Å². The topological polar surface area (TPSA) is 67.2 Å². The molecule has 0 radical (unpaired) electrons. The highest BCUT2D eigenvalue weighted by atomic mass is 35.5. The second-order valence-corrected chi connectivity index (χ2v) is 8.89. The Kier molecular flexibility index (Phi) is 6.88. The molecule has 186 valence electrons. The Morgan fingerprint density at radius 1 is 1.20 bits per heavy atom. The molecule has 1 aromatic heterocycles. The van der Waals surface area contributed by atoms with Crippen LogP contribution < -0.4 is 5.32 Å². The minimum Gasteiger partial charge on any atom is -0.387 e. The van der Waals surface area contributed by atoms with Crippen LogP contribution in [0.25, 0.3) is 5.69 Å². The second-order valence-electron chi connectivity index (χ2n) is 8.51. The summed E-state index contributed by atoms with van der Waals surface area (Å²) in [5.41, 5.74) is -2.88. The minimum atomic E-state index is -4.66. The third-order valence-corrected chi connectivity index (χ3v) is 6.61. The molecular formula is C24H21ClF5N3O2. The summed E-state index contributed by atoms with van der Waals surface area (Å²) >= 11 is 6.16. The number of aromatic nitrogens is 2. The highest BCUT2D eigenvalue weighted by Gasteiger charge is 2.43. The molecule has 1 saturated carbocycles. The number of carbonyl (C=O) groups is 1. The summed E-state index contributed by atoms with van der Waals surface area (Å²) in [6.45, 7) is 0. The number of aliphatic hydroxyl groups is 1. The third-order valence-electron chi connectivity index (χ3n) is 6.21. The van der Waals surface area contributed by atoms with Gasteiger partial charge in [0.2, 0.25) is 0 Å². The summed E-state index contributed by atoms with van der Waals surface area (Å²) in [5, 5.41) is 17.6. The zero-order chi connectivity index (χ0) is 25.4. The van der Waals surface area contributed by atoms with E-state index in [2.05, 4.69) is 10.4 Å². The maximum atomic E-state index is 14.3. The van der Waals surface area contributed by atoms with Crippen molar-refractivity contribution >= 4 is 17.5 Å². The summed E-state index contributed by atoms with van der Waals surface area (Å²) in [4.78, 5) is 13.4. The van der Waals surface area contributed by atoms with Crippen molar-refractivity contribution in [1.29, 1.82) is 0 Å². The Morgan fingerprint density at radius 3 is 2.54 bits per heavy atom. The van der Waals surface area contributed by atoms with Crippen LogP contribution >= 0.6 is 11.6 Å². The van der Waals surface area contributed by atoms with Crippen molar-refractivity contribution in [1.82, 2.24) is 15.1 Å². The van der Waals surface area contributed by atoms with E-state index in [1.165, 1.54) is 30.6 Å². The van der Waals surface area contributed by atoms with E-state index in [9.17, 15) is 31.9 Å². The van der Waals surface area contributed by atoms with Gasteiger partial charge in [0, 0.05) is 12.4 Å². The average molecular weight is 514 g/mol. The van der Waals surface area contributed by atoms with Crippen molar-refractivity contribution in [2.75, 3.05) is 0 Å². The summed E-state index contributed by atoms with van der Waals surface area (Å²) in [5.74, 6) is -1.62. The zero-order valence-corrected chi connectivity index (χ0v) is 19.0. The predicted molar refractivity (Wildman–Crippen MR) is 118 cm³/mol. The molecule has 1 fully saturated rings. The lowest BCUT2D eigenvalue weighted by Gasteiger charge is -2.41. The SMILES string of the molecule is O=C(NC(c1cccc(F)c1Cl)[C@]1(O)CC[C@@H](F)CC1)c1ccc(C(F)(F)F)cc1-n1cccn1. The fraction of sp³-hybridized carbons (Fsp3) is 0.333. The molecule has 2 N–H and O–H groups in total. The summed E-state index contributed by atoms with van der Waals surface area (Å²) in [7, 11) is 0. The average Bonchev–Trinajstić information content (AvgIpc) is 3.35. The maximum Gasteiger partial charge on any atom is 0.416 e. The van der Waals surface area contributed by atoms with Crippen molar-refractivity contribution in [2.24, 2.45) is 0 Å². The van der Waals surface area contributed by atoms with Crippen LogP contribution in [-0.2, 0) is 6.18 Å². The fourth-order valence-corrected chi connectivity index (χ4v) is 4.56. The number of halogens is 6. The Hall–Kier alpha value is -2.98. The number of nitrogens with zero attached hydrogens (tertiary/aromatic N) is 2. The first-order valence-corrected chi connectivity index (χ1v) is 11.2. The first-order chi connectivity index (χ1) is 16.5. The molecule has 0 bridgehead atoms. The second kappa shape index (κ2) is 9.58. The Bertz CT molecular complexity index is 1210. The van der Waals surface area contributed by atoms with Crippen molar-refractivity contribution in [2.45, 2.75) is 49.7 Å². The summed E-state index contributed by atoms with van der Waals surface area (Å²) in [6.07, 6.45) is -3.09.